The molecule has 1 rings (SSSR count). The minimum absolute atomic E-state index is 0.0107. The highest BCUT2D eigenvalue weighted by atomic mass is 16.2. The summed E-state index contributed by atoms with van der Waals surface area (Å²) >= 11 is 0. The fourth-order valence-corrected chi connectivity index (χ4v) is 2.68. The molecule has 0 aromatic carbocycles. The Bertz CT molecular complexity index is 350. The van der Waals surface area contributed by atoms with Crippen LogP contribution in [0.15, 0.2) is 4.99 Å². The Kier molecular flexibility index (Phi) is 8.89. The number of carbonyl (C=O) groups excluding carboxylic acids is 1. The third kappa shape index (κ3) is 7.11. The third-order valence-electron chi connectivity index (χ3n) is 4.17. The first-order valence-electron chi connectivity index (χ1n) is 8.47. The van der Waals surface area contributed by atoms with E-state index in [0.717, 1.165) is 31.6 Å². The molecule has 22 heavy (non-hydrogen) atoms. The molecule has 6 heteroatoms. The van der Waals surface area contributed by atoms with Gasteiger partial charge < -0.3 is 20.4 Å². The van der Waals surface area contributed by atoms with Gasteiger partial charge in [0.2, 0.25) is 5.91 Å². The average molecular weight is 311 g/mol. The van der Waals surface area contributed by atoms with Crippen molar-refractivity contribution in [3.8, 4) is 0 Å². The number of carbonyl (C=O) groups is 1. The number of rotatable bonds is 7. The van der Waals surface area contributed by atoms with Crippen molar-refractivity contribution in [1.29, 1.82) is 0 Å². The first-order valence-corrected chi connectivity index (χ1v) is 8.47. The predicted octanol–water partition coefficient (Wildman–Crippen LogP) is 0.894. The van der Waals surface area contributed by atoms with Crippen LogP contribution in [-0.2, 0) is 4.79 Å². The van der Waals surface area contributed by atoms with E-state index in [-0.39, 0.29) is 12.5 Å². The zero-order valence-corrected chi connectivity index (χ0v) is 14.7. The van der Waals surface area contributed by atoms with Crippen LogP contribution in [-0.4, -0.2) is 75.0 Å². The van der Waals surface area contributed by atoms with Gasteiger partial charge in [0.15, 0.2) is 5.96 Å². The Morgan fingerprint density at radius 3 is 2.41 bits per heavy atom. The lowest BCUT2D eigenvalue weighted by Gasteiger charge is -2.31. The van der Waals surface area contributed by atoms with Crippen molar-refractivity contribution < 1.29 is 4.79 Å². The lowest BCUT2D eigenvalue weighted by molar-refractivity contribution is -0.127. The molecule has 6 nitrogen and oxygen atoms in total. The molecule has 0 heterocycles. The summed E-state index contributed by atoms with van der Waals surface area (Å²) in [4.78, 5) is 19.9. The Morgan fingerprint density at radius 2 is 1.82 bits per heavy atom. The highest BCUT2D eigenvalue weighted by Gasteiger charge is 2.17. The summed E-state index contributed by atoms with van der Waals surface area (Å²) < 4.78 is 0. The smallest absolute Gasteiger partial charge is 0.243 e. The predicted molar refractivity (Wildman–Crippen MR) is 92.2 cm³/mol. The number of aliphatic imine (C=N–C) groups is 1. The number of likely N-dealkylation sites (N-methyl/N-ethyl adjacent to an activating group) is 2. The molecule has 0 unspecified atom stereocenters. The third-order valence-corrected chi connectivity index (χ3v) is 4.17. The highest BCUT2D eigenvalue weighted by molar-refractivity contribution is 5.84. The van der Waals surface area contributed by atoms with Gasteiger partial charge in [-0.05, 0) is 26.8 Å². The molecular weight excluding hydrogens is 278 g/mol. The van der Waals surface area contributed by atoms with Crippen LogP contribution in [0.2, 0.25) is 0 Å². The number of hydrogen-bond donors (Lipinski definition) is 2. The summed E-state index contributed by atoms with van der Waals surface area (Å²) in [5.74, 6) is 0.728. The molecule has 0 saturated heterocycles. The quantitative estimate of drug-likeness (QED) is 0.542. The SMILES string of the molecule is CCNC(=NCC(=O)N(C)C)NCCN(C)C1CCCCC1. The van der Waals surface area contributed by atoms with Gasteiger partial charge in [0.1, 0.15) is 6.54 Å². The number of hydrogen-bond acceptors (Lipinski definition) is 3. The number of guanidine groups is 1. The van der Waals surface area contributed by atoms with Crippen LogP contribution >= 0.6 is 0 Å². The summed E-state index contributed by atoms with van der Waals surface area (Å²) in [6.45, 7) is 4.84. The molecule has 128 valence electrons. The first-order chi connectivity index (χ1) is 10.5. The van der Waals surface area contributed by atoms with Crippen molar-refractivity contribution >= 4 is 11.9 Å². The van der Waals surface area contributed by atoms with Gasteiger partial charge in [-0.1, -0.05) is 19.3 Å². The van der Waals surface area contributed by atoms with E-state index in [1.54, 1.807) is 19.0 Å². The molecule has 0 aromatic heterocycles. The van der Waals surface area contributed by atoms with E-state index in [9.17, 15) is 4.79 Å². The second kappa shape index (κ2) is 10.4. The molecule has 1 amide bonds. The van der Waals surface area contributed by atoms with E-state index in [4.69, 9.17) is 0 Å². The first kappa shape index (κ1) is 18.7. The number of nitrogens with zero attached hydrogens (tertiary/aromatic N) is 3. The van der Waals surface area contributed by atoms with Crippen LogP contribution in [0.1, 0.15) is 39.0 Å². The van der Waals surface area contributed by atoms with Crippen LogP contribution < -0.4 is 10.6 Å². The Morgan fingerprint density at radius 1 is 1.14 bits per heavy atom. The minimum atomic E-state index is 0.0107. The van der Waals surface area contributed by atoms with Crippen LogP contribution in [0.5, 0.6) is 0 Å². The summed E-state index contributed by atoms with van der Waals surface area (Å²) in [6, 6.07) is 0.727. The molecule has 1 aliphatic rings. The van der Waals surface area contributed by atoms with E-state index in [1.165, 1.54) is 32.1 Å². The van der Waals surface area contributed by atoms with Crippen molar-refractivity contribution in [3.63, 3.8) is 0 Å². The topological polar surface area (TPSA) is 60.0 Å². The Balaban J connectivity index is 2.33. The van der Waals surface area contributed by atoms with Gasteiger partial charge in [-0.2, -0.15) is 0 Å². The van der Waals surface area contributed by atoms with Gasteiger partial charge >= 0.3 is 0 Å². The van der Waals surface area contributed by atoms with Crippen molar-refractivity contribution in [1.82, 2.24) is 20.4 Å². The minimum Gasteiger partial charge on any atom is -0.357 e. The molecule has 1 fully saturated rings. The Hall–Kier alpha value is -1.30. The fourth-order valence-electron chi connectivity index (χ4n) is 2.68. The highest BCUT2D eigenvalue weighted by Crippen LogP contribution is 2.21. The van der Waals surface area contributed by atoms with E-state index in [0.29, 0.717) is 0 Å². The van der Waals surface area contributed by atoms with E-state index < -0.39 is 0 Å². The number of nitrogens with one attached hydrogen (secondary N) is 2. The van der Waals surface area contributed by atoms with Crippen molar-refractivity contribution in [3.05, 3.63) is 0 Å². The maximum Gasteiger partial charge on any atom is 0.243 e. The summed E-state index contributed by atoms with van der Waals surface area (Å²) in [7, 11) is 5.70. The van der Waals surface area contributed by atoms with E-state index in [2.05, 4.69) is 27.6 Å². The number of amides is 1. The second-order valence-electron chi connectivity index (χ2n) is 6.18. The molecule has 2 N–H and O–H groups in total. The summed E-state index contributed by atoms with van der Waals surface area (Å²) in [5.41, 5.74) is 0. The summed E-state index contributed by atoms with van der Waals surface area (Å²) in [6.07, 6.45) is 6.75. The van der Waals surface area contributed by atoms with Gasteiger partial charge in [0, 0.05) is 39.8 Å². The van der Waals surface area contributed by atoms with Gasteiger partial charge in [-0.25, -0.2) is 4.99 Å². The van der Waals surface area contributed by atoms with Gasteiger partial charge in [0.25, 0.3) is 0 Å². The lowest BCUT2D eigenvalue weighted by atomic mass is 9.94. The molecule has 0 radical (unpaired) electrons. The van der Waals surface area contributed by atoms with Crippen LogP contribution in [0, 0.1) is 0 Å². The fraction of sp³-hybridized carbons (Fsp3) is 0.875. The van der Waals surface area contributed by atoms with Gasteiger partial charge in [-0.3, -0.25) is 4.79 Å². The zero-order valence-electron chi connectivity index (χ0n) is 14.7. The molecular formula is C16H33N5O. The maximum atomic E-state index is 11.6. The van der Waals surface area contributed by atoms with Crippen LogP contribution in [0.3, 0.4) is 0 Å². The van der Waals surface area contributed by atoms with Gasteiger partial charge in [-0.15, -0.1) is 0 Å². The van der Waals surface area contributed by atoms with Crippen LogP contribution in [0.4, 0.5) is 0 Å². The molecule has 1 saturated carbocycles. The largest absolute Gasteiger partial charge is 0.357 e. The lowest BCUT2D eigenvalue weighted by Crippen LogP contribution is -2.43. The van der Waals surface area contributed by atoms with Crippen molar-refractivity contribution in [2.45, 2.75) is 45.1 Å². The molecule has 0 aliphatic heterocycles. The molecule has 0 bridgehead atoms. The van der Waals surface area contributed by atoms with Crippen molar-refractivity contribution in [2.24, 2.45) is 4.99 Å². The van der Waals surface area contributed by atoms with E-state index in [1.807, 2.05) is 6.92 Å². The molecule has 0 spiro atoms. The zero-order chi connectivity index (χ0) is 16.4. The molecule has 1 aliphatic carbocycles. The van der Waals surface area contributed by atoms with Crippen LogP contribution in [0.25, 0.3) is 0 Å². The van der Waals surface area contributed by atoms with Crippen molar-refractivity contribution in [2.75, 3.05) is 47.3 Å². The maximum absolute atomic E-state index is 11.6. The average Bonchev–Trinajstić information content (AvgIpc) is 2.52. The summed E-state index contributed by atoms with van der Waals surface area (Å²) in [5, 5.41) is 6.49. The second-order valence-corrected chi connectivity index (χ2v) is 6.18. The standard InChI is InChI=1S/C16H33N5O/c1-5-17-16(19-13-15(22)20(2)3)18-11-12-21(4)14-9-7-6-8-10-14/h14H,5-13H2,1-4H3,(H2,17,18,19). The Labute approximate surface area is 135 Å². The van der Waals surface area contributed by atoms with E-state index >= 15 is 0 Å². The normalized spacial score (nSPS) is 16.7. The molecule has 0 atom stereocenters. The van der Waals surface area contributed by atoms with Gasteiger partial charge in [0.05, 0.1) is 0 Å². The molecule has 0 aromatic rings. The monoisotopic (exact) mass is 311 g/mol.